The Hall–Kier alpha value is -6.64. The van der Waals surface area contributed by atoms with Gasteiger partial charge in [-0.05, 0) is 145 Å². The number of piperidine rings is 2. The number of nitrogens with zero attached hydrogens (tertiary/aromatic N) is 6. The van der Waals surface area contributed by atoms with Crippen LogP contribution in [0.25, 0.3) is 11.3 Å². The molecule has 20 heteroatoms. The molecular formula is C50H57F3N10O6S. The summed E-state index contributed by atoms with van der Waals surface area (Å²) in [4.78, 5) is 77.9. The van der Waals surface area contributed by atoms with Gasteiger partial charge in [-0.25, -0.2) is 22.8 Å². The van der Waals surface area contributed by atoms with Crippen LogP contribution in [0.2, 0.25) is 0 Å². The summed E-state index contributed by atoms with van der Waals surface area (Å²) in [5.74, 6) is -3.50. The number of nitrogens with two attached hydrogens (primary N) is 2. The fourth-order valence-electron chi connectivity index (χ4n) is 9.59. The number of hydrogen-bond acceptors (Lipinski definition) is 12. The highest BCUT2D eigenvalue weighted by atomic mass is 32.1. The Morgan fingerprint density at radius 3 is 2.31 bits per heavy atom. The number of halogens is 3. The second-order valence-electron chi connectivity index (χ2n) is 18.1. The van der Waals surface area contributed by atoms with E-state index in [4.69, 9.17) is 21.3 Å². The highest BCUT2D eigenvalue weighted by Crippen LogP contribution is 2.37. The Bertz CT molecular complexity index is 2710. The number of rotatable bonds is 17. The predicted octanol–water partition coefficient (Wildman–Crippen LogP) is 6.24. The number of nitrogens with one attached hydrogen (secondary N) is 2. The van der Waals surface area contributed by atoms with Crippen LogP contribution in [0.4, 0.5) is 19.0 Å². The third kappa shape index (κ3) is 11.2. The smallest absolute Gasteiger partial charge is 0.254 e. The summed E-state index contributed by atoms with van der Waals surface area (Å²) in [7, 11) is 1.69. The van der Waals surface area contributed by atoms with Gasteiger partial charge in [0.25, 0.3) is 5.91 Å². The largest absolute Gasteiger partial charge is 0.454 e. The molecule has 3 aliphatic rings. The van der Waals surface area contributed by atoms with E-state index in [1.165, 1.54) is 41.7 Å². The van der Waals surface area contributed by atoms with Crippen molar-refractivity contribution in [3.05, 3.63) is 111 Å². The van der Waals surface area contributed by atoms with Crippen LogP contribution in [0, 0.1) is 23.4 Å². The van der Waals surface area contributed by atoms with Crippen LogP contribution in [0.3, 0.4) is 0 Å². The van der Waals surface area contributed by atoms with E-state index in [1.54, 1.807) is 58.1 Å². The fourth-order valence-corrected chi connectivity index (χ4v) is 10.5. The van der Waals surface area contributed by atoms with Gasteiger partial charge in [-0.15, -0.1) is 11.3 Å². The summed E-state index contributed by atoms with van der Waals surface area (Å²) in [5, 5.41) is 13.1. The molecule has 3 fully saturated rings. The van der Waals surface area contributed by atoms with Gasteiger partial charge in [0.05, 0.1) is 18.1 Å². The lowest BCUT2D eigenvalue weighted by Gasteiger charge is -2.38. The number of amides is 4. The molecule has 4 atom stereocenters. The number of anilines is 1. The molecule has 5 heterocycles. The number of carbonyl (C=O) groups excluding carboxylic acids is 5. The van der Waals surface area contributed by atoms with Crippen LogP contribution in [-0.2, 0) is 14.4 Å². The van der Waals surface area contributed by atoms with Crippen molar-refractivity contribution in [2.24, 2.45) is 11.7 Å². The molecule has 2 aromatic heterocycles. The zero-order chi connectivity index (χ0) is 49.6. The number of likely N-dealkylation sites (tertiary alicyclic amines) is 3. The molecule has 0 aliphatic carbocycles. The molecule has 0 bridgehead atoms. The van der Waals surface area contributed by atoms with Gasteiger partial charge < -0.3 is 41.5 Å². The van der Waals surface area contributed by atoms with Gasteiger partial charge in [0.1, 0.15) is 51.2 Å². The van der Waals surface area contributed by atoms with Crippen molar-refractivity contribution in [1.29, 1.82) is 0 Å². The molecule has 70 heavy (non-hydrogen) atoms. The monoisotopic (exact) mass is 982 g/mol. The first kappa shape index (κ1) is 49.8. The number of hydrogen-bond donors (Lipinski definition) is 4. The molecular weight excluding hydrogens is 926 g/mol. The number of likely N-dealkylation sites (N-methyl/N-ethyl adjacent to an activating group) is 1. The number of ether oxygens (including phenoxy) is 1. The summed E-state index contributed by atoms with van der Waals surface area (Å²) < 4.78 is 48.2. The van der Waals surface area contributed by atoms with E-state index in [0.717, 1.165) is 18.6 Å². The van der Waals surface area contributed by atoms with Gasteiger partial charge in [-0.1, -0.05) is 0 Å². The second-order valence-corrected chi connectivity index (χ2v) is 19.0. The number of thiazole rings is 1. The lowest BCUT2D eigenvalue weighted by Crippen LogP contribution is -2.56. The van der Waals surface area contributed by atoms with Crippen molar-refractivity contribution in [1.82, 2.24) is 40.1 Å². The minimum atomic E-state index is -0.855. The normalized spacial score (nSPS) is 18.6. The summed E-state index contributed by atoms with van der Waals surface area (Å²) in [6.45, 7) is 5.18. The highest BCUT2D eigenvalue weighted by Gasteiger charge is 2.41. The molecule has 4 amide bonds. The van der Waals surface area contributed by atoms with Crippen molar-refractivity contribution in [2.75, 3.05) is 52.0 Å². The summed E-state index contributed by atoms with van der Waals surface area (Å²) >= 11 is 1.31. The van der Waals surface area contributed by atoms with E-state index in [0.29, 0.717) is 100 Å². The van der Waals surface area contributed by atoms with Crippen molar-refractivity contribution in [3.63, 3.8) is 0 Å². The highest BCUT2D eigenvalue weighted by molar-refractivity contribution is 7.10. The lowest BCUT2D eigenvalue weighted by molar-refractivity contribution is -0.139. The van der Waals surface area contributed by atoms with Gasteiger partial charge in [0.2, 0.25) is 23.5 Å². The van der Waals surface area contributed by atoms with Crippen molar-refractivity contribution in [2.45, 2.75) is 82.5 Å². The SMILES string of the molecule is CN[C@@H](C)C(=O)N[C@H](C(=O)N1CCC[C@H]1c1nc(C(=O)c2ccc(F)cc2)cs1)C1CCN(CCCC(=O)N2CCC[C@@H](n3nc(-c4ccc(Oc5ccc(F)cc5F)cc4)c(C(N)=O)c3N)C2)CC1. The summed E-state index contributed by atoms with van der Waals surface area (Å²) in [6.07, 6.45) is 5.03. The number of primary amides is 1. The Morgan fingerprint density at radius 1 is 0.900 bits per heavy atom. The number of benzene rings is 3. The molecule has 3 aliphatic heterocycles. The van der Waals surface area contributed by atoms with Crippen LogP contribution in [0.5, 0.6) is 11.5 Å². The van der Waals surface area contributed by atoms with E-state index < -0.39 is 35.4 Å². The molecule has 5 aromatic rings. The van der Waals surface area contributed by atoms with Crippen molar-refractivity contribution < 1.29 is 41.9 Å². The quantitative estimate of drug-likeness (QED) is 0.0767. The van der Waals surface area contributed by atoms with Gasteiger partial charge in [-0.2, -0.15) is 5.10 Å². The Balaban J connectivity index is 0.853. The van der Waals surface area contributed by atoms with Gasteiger partial charge in [0, 0.05) is 48.6 Å². The van der Waals surface area contributed by atoms with Crippen LogP contribution in [0.15, 0.2) is 72.1 Å². The van der Waals surface area contributed by atoms with Gasteiger partial charge >= 0.3 is 0 Å². The van der Waals surface area contributed by atoms with Crippen LogP contribution < -0.4 is 26.8 Å². The van der Waals surface area contributed by atoms with Crippen molar-refractivity contribution in [3.8, 4) is 22.8 Å². The second kappa shape index (κ2) is 22.0. The van der Waals surface area contributed by atoms with Crippen LogP contribution in [-0.4, -0.2) is 117 Å². The lowest BCUT2D eigenvalue weighted by atomic mass is 9.88. The zero-order valence-corrected chi connectivity index (χ0v) is 39.9. The molecule has 8 rings (SSSR count). The number of aromatic nitrogens is 3. The molecule has 0 unspecified atom stereocenters. The third-order valence-electron chi connectivity index (χ3n) is 13.6. The number of ketones is 1. The number of carbonyl (C=O) groups is 5. The van der Waals surface area contributed by atoms with E-state index in [-0.39, 0.29) is 75.8 Å². The van der Waals surface area contributed by atoms with Crippen LogP contribution in [0.1, 0.15) is 102 Å². The average Bonchev–Trinajstić information content (AvgIpc) is 4.14. The fraction of sp³-hybridized carbons (Fsp3) is 0.420. The summed E-state index contributed by atoms with van der Waals surface area (Å²) in [5.41, 5.74) is 13.7. The molecule has 6 N–H and O–H groups in total. The van der Waals surface area contributed by atoms with Gasteiger partial charge in [0.15, 0.2) is 11.6 Å². The van der Waals surface area contributed by atoms with Crippen molar-refractivity contribution >= 4 is 46.6 Å². The first-order valence-electron chi connectivity index (χ1n) is 23.6. The summed E-state index contributed by atoms with van der Waals surface area (Å²) in [6, 6.07) is 12.7. The Morgan fingerprint density at radius 2 is 1.61 bits per heavy atom. The minimum Gasteiger partial charge on any atom is -0.454 e. The topological polar surface area (TPSA) is 211 Å². The zero-order valence-electron chi connectivity index (χ0n) is 39.0. The molecule has 0 spiro atoms. The molecule has 3 aromatic carbocycles. The van der Waals surface area contributed by atoms with E-state index >= 15 is 0 Å². The molecule has 0 saturated carbocycles. The molecule has 370 valence electrons. The maximum atomic E-state index is 14.5. The maximum Gasteiger partial charge on any atom is 0.254 e. The predicted molar refractivity (Wildman–Crippen MR) is 256 cm³/mol. The van der Waals surface area contributed by atoms with E-state index in [1.807, 2.05) is 0 Å². The Labute approximate surface area is 407 Å². The molecule has 3 saturated heterocycles. The molecule has 16 nitrogen and oxygen atoms in total. The first-order chi connectivity index (χ1) is 33.7. The van der Waals surface area contributed by atoms with Crippen LogP contribution >= 0.6 is 11.3 Å². The standard InChI is InChI=1S/C50H57F3N10O6S/c1-29(56-2)48(67)58-44(50(68)62-23-4-7-39(62)49-57-38(28-70-49)45(65)32-9-13-33(51)14-10-32)31-19-24-60(25-20-31)21-5-8-41(64)61-22-3-6-35(27-61)63-46(54)42(47(55)66)43(59-63)30-11-16-36(17-12-30)69-40-18-15-34(52)26-37(40)53/h9-18,26,28-29,31,35,39,44,56H,3-8,19-25,27,54H2,1-2H3,(H2,55,66)(H,58,67)/t29-,35+,39-,44-/m0/s1. The molecule has 0 radical (unpaired) electrons. The first-order valence-corrected chi connectivity index (χ1v) is 24.5. The Kier molecular flexibility index (Phi) is 15.6. The van der Waals surface area contributed by atoms with E-state index in [9.17, 15) is 37.1 Å². The minimum absolute atomic E-state index is 0.00629. The van der Waals surface area contributed by atoms with Gasteiger partial charge in [-0.3, -0.25) is 24.0 Å². The average molecular weight is 983 g/mol. The van der Waals surface area contributed by atoms with E-state index in [2.05, 4.69) is 20.5 Å². The maximum absolute atomic E-state index is 14.5. The third-order valence-corrected chi connectivity index (χ3v) is 14.5. The number of nitrogen functional groups attached to an aromatic ring is 1.